The van der Waals surface area contributed by atoms with Gasteiger partial charge in [-0.1, -0.05) is 66.2 Å². The minimum absolute atomic E-state index is 0.0908. The molecule has 0 radical (unpaired) electrons. The standard InChI is InChI=1S/C34H33ClN2O6/c1-34(2,3)43-33(41)36-22-23-8-7-11-28(20-23)42-30-21-27(35)16-17-29(30)37(19-18-31(38)39)32(40)26-14-12-25(13-15-26)24-9-5-4-6-10-24/h4-17,20-21H,18-19,22H2,1-3H3,(H,36,41)(H,38,39). The number of carbonyl (C=O) groups excluding carboxylic acids is 2. The summed E-state index contributed by atoms with van der Waals surface area (Å²) >= 11 is 6.32. The van der Waals surface area contributed by atoms with Crippen LogP contribution in [0.4, 0.5) is 10.5 Å². The number of nitrogens with one attached hydrogen (secondary N) is 1. The third-order valence-corrected chi connectivity index (χ3v) is 6.44. The maximum atomic E-state index is 13.8. The summed E-state index contributed by atoms with van der Waals surface area (Å²) in [5.74, 6) is -0.726. The molecule has 0 aliphatic rings. The maximum absolute atomic E-state index is 13.8. The molecular weight excluding hydrogens is 568 g/mol. The van der Waals surface area contributed by atoms with E-state index in [9.17, 15) is 19.5 Å². The zero-order chi connectivity index (χ0) is 31.0. The fraction of sp³-hybridized carbons (Fsp3) is 0.206. The maximum Gasteiger partial charge on any atom is 0.407 e. The molecule has 0 fully saturated rings. The Morgan fingerprint density at radius 3 is 2.23 bits per heavy atom. The van der Waals surface area contributed by atoms with Crippen molar-refractivity contribution in [2.45, 2.75) is 39.3 Å². The lowest BCUT2D eigenvalue weighted by atomic mass is 10.0. The first-order valence-electron chi connectivity index (χ1n) is 13.7. The normalized spacial score (nSPS) is 11.0. The second-order valence-electron chi connectivity index (χ2n) is 10.8. The molecule has 0 aromatic heterocycles. The fourth-order valence-corrected chi connectivity index (χ4v) is 4.42. The van der Waals surface area contributed by atoms with E-state index in [1.54, 1.807) is 69.3 Å². The van der Waals surface area contributed by atoms with Crippen molar-refractivity contribution in [2.75, 3.05) is 11.4 Å². The molecular formula is C34H33ClN2O6. The Kier molecular flexibility index (Phi) is 10.1. The summed E-state index contributed by atoms with van der Waals surface area (Å²) in [6.45, 7) is 5.47. The largest absolute Gasteiger partial charge is 0.481 e. The highest BCUT2D eigenvalue weighted by molar-refractivity contribution is 6.30. The number of amides is 2. The Labute approximate surface area is 255 Å². The number of nitrogens with zero attached hydrogens (tertiary/aromatic N) is 1. The van der Waals surface area contributed by atoms with Gasteiger partial charge in [-0.05, 0) is 73.9 Å². The van der Waals surface area contributed by atoms with Gasteiger partial charge >= 0.3 is 12.1 Å². The van der Waals surface area contributed by atoms with Crippen molar-refractivity contribution in [3.8, 4) is 22.6 Å². The number of rotatable bonds is 10. The molecule has 4 rings (SSSR count). The van der Waals surface area contributed by atoms with Crippen LogP contribution in [0, 0.1) is 0 Å². The minimum atomic E-state index is -1.04. The number of alkyl carbamates (subject to hydrolysis) is 1. The molecule has 2 N–H and O–H groups in total. The van der Waals surface area contributed by atoms with Gasteiger partial charge in [-0.25, -0.2) is 4.79 Å². The molecule has 8 nitrogen and oxygen atoms in total. The second-order valence-corrected chi connectivity index (χ2v) is 11.2. The smallest absolute Gasteiger partial charge is 0.407 e. The van der Waals surface area contributed by atoms with Crippen molar-refractivity contribution < 1.29 is 29.0 Å². The van der Waals surface area contributed by atoms with Crippen LogP contribution in [0.2, 0.25) is 5.02 Å². The average molecular weight is 601 g/mol. The molecule has 9 heteroatoms. The summed E-state index contributed by atoms with van der Waals surface area (Å²) in [6.07, 6.45) is -0.817. The van der Waals surface area contributed by atoms with Crippen molar-refractivity contribution in [2.24, 2.45) is 0 Å². The lowest BCUT2D eigenvalue weighted by Gasteiger charge is -2.25. The monoisotopic (exact) mass is 600 g/mol. The predicted molar refractivity (Wildman–Crippen MR) is 167 cm³/mol. The van der Waals surface area contributed by atoms with Crippen molar-refractivity contribution in [3.05, 3.63) is 113 Å². The Morgan fingerprint density at radius 2 is 1.56 bits per heavy atom. The fourth-order valence-electron chi connectivity index (χ4n) is 4.26. The van der Waals surface area contributed by atoms with Crippen molar-refractivity contribution in [1.29, 1.82) is 0 Å². The molecule has 2 amide bonds. The number of ether oxygens (including phenoxy) is 2. The van der Waals surface area contributed by atoms with E-state index in [-0.39, 0.29) is 31.2 Å². The van der Waals surface area contributed by atoms with Crippen LogP contribution in [-0.4, -0.2) is 35.2 Å². The first-order chi connectivity index (χ1) is 20.5. The van der Waals surface area contributed by atoms with Crippen molar-refractivity contribution in [3.63, 3.8) is 0 Å². The van der Waals surface area contributed by atoms with Gasteiger partial charge in [0.05, 0.1) is 12.1 Å². The van der Waals surface area contributed by atoms with Crippen LogP contribution < -0.4 is 15.0 Å². The van der Waals surface area contributed by atoms with E-state index in [0.29, 0.717) is 22.0 Å². The summed E-state index contributed by atoms with van der Waals surface area (Å²) < 4.78 is 11.5. The van der Waals surface area contributed by atoms with Crippen LogP contribution in [0.1, 0.15) is 43.1 Å². The Balaban J connectivity index is 1.59. The number of aliphatic carboxylic acids is 1. The number of hydrogen-bond donors (Lipinski definition) is 2. The number of anilines is 1. The van der Waals surface area contributed by atoms with Gasteiger partial charge in [-0.3, -0.25) is 9.59 Å². The van der Waals surface area contributed by atoms with Gasteiger partial charge in [-0.2, -0.15) is 0 Å². The van der Waals surface area contributed by atoms with Crippen LogP contribution >= 0.6 is 11.6 Å². The van der Waals surface area contributed by atoms with Gasteiger partial charge in [0.1, 0.15) is 11.4 Å². The first-order valence-corrected chi connectivity index (χ1v) is 14.1. The van der Waals surface area contributed by atoms with Gasteiger partial charge in [0.2, 0.25) is 0 Å². The Hall–Kier alpha value is -4.82. The molecule has 0 aliphatic heterocycles. The molecule has 0 saturated carbocycles. The highest BCUT2D eigenvalue weighted by Gasteiger charge is 2.23. The highest BCUT2D eigenvalue weighted by atomic mass is 35.5. The van der Waals surface area contributed by atoms with Crippen molar-refractivity contribution in [1.82, 2.24) is 5.32 Å². The van der Waals surface area contributed by atoms with Gasteiger partial charge < -0.3 is 24.8 Å². The molecule has 222 valence electrons. The van der Waals surface area contributed by atoms with Gasteiger partial charge in [0, 0.05) is 29.7 Å². The van der Waals surface area contributed by atoms with E-state index < -0.39 is 17.7 Å². The predicted octanol–water partition coefficient (Wildman–Crippen LogP) is 7.95. The molecule has 0 aliphatic carbocycles. The third-order valence-electron chi connectivity index (χ3n) is 6.21. The van der Waals surface area contributed by atoms with Crippen molar-refractivity contribution >= 4 is 35.3 Å². The lowest BCUT2D eigenvalue weighted by Crippen LogP contribution is -2.33. The summed E-state index contributed by atoms with van der Waals surface area (Å²) in [7, 11) is 0. The Bertz CT molecular complexity index is 1580. The SMILES string of the molecule is CC(C)(C)OC(=O)NCc1cccc(Oc2cc(Cl)ccc2N(CCC(=O)O)C(=O)c2ccc(-c3ccccc3)cc2)c1. The molecule has 0 bridgehead atoms. The number of carboxylic acid groups (broad SMARTS) is 1. The molecule has 0 spiro atoms. The van der Waals surface area contributed by atoms with E-state index in [0.717, 1.165) is 16.7 Å². The molecule has 43 heavy (non-hydrogen) atoms. The second kappa shape index (κ2) is 13.9. The molecule has 0 atom stereocenters. The number of carboxylic acids is 1. The minimum Gasteiger partial charge on any atom is -0.481 e. The molecule has 0 unspecified atom stereocenters. The van der Waals surface area contributed by atoms with Gasteiger partial charge in [-0.15, -0.1) is 0 Å². The molecule has 0 heterocycles. The molecule has 4 aromatic rings. The number of benzene rings is 4. The van der Waals surface area contributed by atoms with E-state index in [4.69, 9.17) is 21.1 Å². The summed E-state index contributed by atoms with van der Waals surface area (Å²) in [5.41, 5.74) is 2.85. The average Bonchev–Trinajstić information content (AvgIpc) is 2.97. The first kappa shape index (κ1) is 31.1. The summed E-state index contributed by atoms with van der Waals surface area (Å²) in [4.78, 5) is 38.8. The number of hydrogen-bond acceptors (Lipinski definition) is 5. The quantitative estimate of drug-likeness (QED) is 0.191. The van der Waals surface area contributed by atoms with Crippen LogP contribution in [-0.2, 0) is 16.1 Å². The lowest BCUT2D eigenvalue weighted by molar-refractivity contribution is -0.136. The number of carbonyl (C=O) groups is 3. The summed E-state index contributed by atoms with van der Waals surface area (Å²) in [5, 5.41) is 12.5. The molecule has 4 aromatic carbocycles. The van der Waals surface area contributed by atoms with Crippen LogP contribution in [0.15, 0.2) is 97.1 Å². The highest BCUT2D eigenvalue weighted by Crippen LogP contribution is 2.36. The zero-order valence-corrected chi connectivity index (χ0v) is 24.9. The van der Waals surface area contributed by atoms with Crippen LogP contribution in [0.25, 0.3) is 11.1 Å². The topological polar surface area (TPSA) is 105 Å². The van der Waals surface area contributed by atoms with Gasteiger partial charge in [0.15, 0.2) is 5.75 Å². The van der Waals surface area contributed by atoms with Gasteiger partial charge in [0.25, 0.3) is 5.91 Å². The molecule has 0 saturated heterocycles. The Morgan fingerprint density at radius 1 is 0.860 bits per heavy atom. The number of halogens is 1. The van der Waals surface area contributed by atoms with E-state index in [1.807, 2.05) is 48.5 Å². The summed E-state index contributed by atoms with van der Waals surface area (Å²) in [6, 6.07) is 28.8. The van der Waals surface area contributed by atoms with Crippen LogP contribution in [0.5, 0.6) is 11.5 Å². The zero-order valence-electron chi connectivity index (χ0n) is 24.2. The van der Waals surface area contributed by atoms with E-state index in [2.05, 4.69) is 5.32 Å². The van der Waals surface area contributed by atoms with Crippen LogP contribution in [0.3, 0.4) is 0 Å². The van der Waals surface area contributed by atoms with E-state index >= 15 is 0 Å². The third kappa shape index (κ3) is 9.08. The van der Waals surface area contributed by atoms with E-state index in [1.165, 1.54) is 4.90 Å².